The maximum Gasteiger partial charge on any atom is 0.256 e. The summed E-state index contributed by atoms with van der Waals surface area (Å²) in [4.78, 5) is 12.2. The zero-order valence-electron chi connectivity index (χ0n) is 10.0. The van der Waals surface area contributed by atoms with E-state index in [1.807, 2.05) is 13.0 Å². The Hall–Kier alpha value is -1.20. The molecule has 2 rings (SSSR count). The number of benzene rings is 2. The molecule has 1 N–H and O–H groups in total. The summed E-state index contributed by atoms with van der Waals surface area (Å²) in [5.41, 5.74) is 1.76. The van der Waals surface area contributed by atoms with Crippen molar-refractivity contribution in [2.45, 2.75) is 6.92 Å². The first-order chi connectivity index (χ1) is 8.97. The van der Waals surface area contributed by atoms with Gasteiger partial charge in [0, 0.05) is 14.6 Å². The van der Waals surface area contributed by atoms with Gasteiger partial charge in [0.25, 0.3) is 5.91 Å². The largest absolute Gasteiger partial charge is 0.322 e. The second-order valence-corrected chi connectivity index (χ2v) is 5.81. The van der Waals surface area contributed by atoms with E-state index in [0.717, 1.165) is 10.0 Å². The zero-order chi connectivity index (χ0) is 14.0. The summed E-state index contributed by atoms with van der Waals surface area (Å²) >= 11 is 6.64. The molecular weight excluding hydrogens is 377 g/mol. The van der Waals surface area contributed by atoms with Crippen LogP contribution in [0.2, 0.25) is 0 Å². The van der Waals surface area contributed by atoms with E-state index in [9.17, 15) is 9.18 Å². The quantitative estimate of drug-likeness (QED) is 0.780. The molecule has 0 fully saturated rings. The normalized spacial score (nSPS) is 10.3. The Morgan fingerprint density at radius 2 is 1.89 bits per heavy atom. The van der Waals surface area contributed by atoms with Crippen LogP contribution in [0.4, 0.5) is 10.1 Å². The minimum absolute atomic E-state index is 0.290. The van der Waals surface area contributed by atoms with Crippen molar-refractivity contribution in [2.24, 2.45) is 0 Å². The minimum Gasteiger partial charge on any atom is -0.322 e. The molecule has 0 bridgehead atoms. The number of carbonyl (C=O) groups excluding carboxylic acids is 1. The van der Waals surface area contributed by atoms with Gasteiger partial charge in [0.1, 0.15) is 5.82 Å². The summed E-state index contributed by atoms with van der Waals surface area (Å²) in [5.74, 6) is -0.670. The number of hydrogen-bond donors (Lipinski definition) is 1. The molecule has 0 unspecified atom stereocenters. The third-order valence-corrected chi connectivity index (χ3v) is 3.81. The van der Waals surface area contributed by atoms with E-state index >= 15 is 0 Å². The molecule has 0 spiro atoms. The third-order valence-electron chi connectivity index (χ3n) is 2.62. The first-order valence-corrected chi connectivity index (χ1v) is 7.08. The molecule has 0 heterocycles. The average molecular weight is 387 g/mol. The first kappa shape index (κ1) is 14.2. The van der Waals surface area contributed by atoms with E-state index in [1.165, 1.54) is 12.1 Å². The molecule has 0 aliphatic carbocycles. The summed E-state index contributed by atoms with van der Waals surface area (Å²) in [5, 5.41) is 2.71. The van der Waals surface area contributed by atoms with Gasteiger partial charge in [-0.15, -0.1) is 0 Å². The Bertz CT molecular complexity index is 643. The summed E-state index contributed by atoms with van der Waals surface area (Å²) in [7, 11) is 0. The van der Waals surface area contributed by atoms with Gasteiger partial charge < -0.3 is 5.32 Å². The van der Waals surface area contributed by atoms with Crippen molar-refractivity contribution < 1.29 is 9.18 Å². The molecule has 0 radical (unpaired) electrons. The fourth-order valence-corrected chi connectivity index (χ4v) is 2.38. The van der Waals surface area contributed by atoms with Crippen LogP contribution >= 0.6 is 31.9 Å². The predicted octanol–water partition coefficient (Wildman–Crippen LogP) is 4.91. The fourth-order valence-electron chi connectivity index (χ4n) is 1.59. The number of anilines is 1. The molecule has 5 heteroatoms. The number of nitrogens with one attached hydrogen (secondary N) is 1. The van der Waals surface area contributed by atoms with Crippen LogP contribution in [-0.2, 0) is 0 Å². The van der Waals surface area contributed by atoms with Gasteiger partial charge in [-0.2, -0.15) is 0 Å². The van der Waals surface area contributed by atoms with Crippen LogP contribution in [0, 0.1) is 12.7 Å². The van der Waals surface area contributed by atoms with E-state index in [-0.39, 0.29) is 11.7 Å². The number of carbonyl (C=O) groups is 1. The van der Waals surface area contributed by atoms with E-state index in [1.54, 1.807) is 18.2 Å². The molecule has 0 saturated carbocycles. The monoisotopic (exact) mass is 385 g/mol. The number of halogens is 3. The van der Waals surface area contributed by atoms with Crippen molar-refractivity contribution in [3.63, 3.8) is 0 Å². The Kier molecular flexibility index (Phi) is 4.37. The molecule has 0 aliphatic rings. The van der Waals surface area contributed by atoms with Crippen LogP contribution in [-0.4, -0.2) is 5.91 Å². The highest BCUT2D eigenvalue weighted by atomic mass is 79.9. The van der Waals surface area contributed by atoms with E-state index in [0.29, 0.717) is 15.7 Å². The highest BCUT2D eigenvalue weighted by Gasteiger charge is 2.12. The standard InChI is InChI=1S/C14H10Br2FNO/c1-8-2-4-10(17)7-13(8)18-14(19)11-6-9(15)3-5-12(11)16/h2-7H,1H3,(H,18,19). The summed E-state index contributed by atoms with van der Waals surface area (Å²) < 4.78 is 14.7. The first-order valence-electron chi connectivity index (χ1n) is 5.50. The predicted molar refractivity (Wildman–Crippen MR) is 80.9 cm³/mol. The molecule has 0 atom stereocenters. The van der Waals surface area contributed by atoms with Gasteiger partial charge in [-0.3, -0.25) is 4.79 Å². The molecule has 2 nitrogen and oxygen atoms in total. The lowest BCUT2D eigenvalue weighted by Crippen LogP contribution is -2.13. The van der Waals surface area contributed by atoms with E-state index in [4.69, 9.17) is 0 Å². The molecule has 98 valence electrons. The van der Waals surface area contributed by atoms with Crippen molar-refractivity contribution in [1.29, 1.82) is 0 Å². The fraction of sp³-hybridized carbons (Fsp3) is 0.0714. The topological polar surface area (TPSA) is 29.1 Å². The molecule has 0 saturated heterocycles. The van der Waals surface area contributed by atoms with Gasteiger partial charge in [-0.05, 0) is 58.7 Å². The van der Waals surface area contributed by atoms with Crippen LogP contribution in [0.3, 0.4) is 0 Å². The van der Waals surface area contributed by atoms with Gasteiger partial charge in [0.05, 0.1) is 5.56 Å². The second-order valence-electron chi connectivity index (χ2n) is 4.04. The Morgan fingerprint density at radius 3 is 2.63 bits per heavy atom. The van der Waals surface area contributed by atoms with Crippen LogP contribution < -0.4 is 5.32 Å². The molecule has 2 aromatic rings. The summed E-state index contributed by atoms with van der Waals surface area (Å²) in [6, 6.07) is 9.60. The highest BCUT2D eigenvalue weighted by molar-refractivity contribution is 9.11. The molecule has 0 aromatic heterocycles. The Morgan fingerprint density at radius 1 is 1.16 bits per heavy atom. The van der Waals surface area contributed by atoms with Crippen LogP contribution in [0.1, 0.15) is 15.9 Å². The number of rotatable bonds is 2. The Labute approximate surface area is 127 Å². The van der Waals surface area contributed by atoms with Gasteiger partial charge in [-0.1, -0.05) is 22.0 Å². The van der Waals surface area contributed by atoms with Gasteiger partial charge in [0.2, 0.25) is 0 Å². The van der Waals surface area contributed by atoms with Crippen LogP contribution in [0.15, 0.2) is 45.3 Å². The molecule has 1 amide bonds. The minimum atomic E-state index is -0.380. The molecular formula is C14H10Br2FNO. The number of hydrogen-bond acceptors (Lipinski definition) is 1. The highest BCUT2D eigenvalue weighted by Crippen LogP contribution is 2.23. The van der Waals surface area contributed by atoms with E-state index in [2.05, 4.69) is 37.2 Å². The second kappa shape index (κ2) is 5.84. The SMILES string of the molecule is Cc1ccc(F)cc1NC(=O)c1cc(Br)ccc1Br. The average Bonchev–Trinajstić information content (AvgIpc) is 2.36. The van der Waals surface area contributed by atoms with Gasteiger partial charge in [0.15, 0.2) is 0 Å². The summed E-state index contributed by atoms with van der Waals surface area (Å²) in [6.45, 7) is 1.81. The van der Waals surface area contributed by atoms with Gasteiger partial charge >= 0.3 is 0 Å². The van der Waals surface area contributed by atoms with Crippen molar-refractivity contribution in [1.82, 2.24) is 0 Å². The number of aryl methyl sites for hydroxylation is 1. The molecule has 19 heavy (non-hydrogen) atoms. The van der Waals surface area contributed by atoms with Crippen molar-refractivity contribution in [3.8, 4) is 0 Å². The lowest BCUT2D eigenvalue weighted by atomic mass is 10.1. The Balaban J connectivity index is 2.30. The molecule has 0 aliphatic heterocycles. The maximum atomic E-state index is 13.2. The lowest BCUT2D eigenvalue weighted by molar-refractivity contribution is 0.102. The van der Waals surface area contributed by atoms with Crippen molar-refractivity contribution >= 4 is 43.5 Å². The zero-order valence-corrected chi connectivity index (χ0v) is 13.2. The third kappa shape index (κ3) is 3.42. The van der Waals surface area contributed by atoms with Gasteiger partial charge in [-0.25, -0.2) is 4.39 Å². The smallest absolute Gasteiger partial charge is 0.256 e. The van der Waals surface area contributed by atoms with Crippen molar-refractivity contribution in [3.05, 3.63) is 62.3 Å². The summed E-state index contributed by atoms with van der Waals surface area (Å²) in [6.07, 6.45) is 0. The lowest BCUT2D eigenvalue weighted by Gasteiger charge is -2.10. The molecule has 2 aromatic carbocycles. The maximum absolute atomic E-state index is 13.2. The van der Waals surface area contributed by atoms with Crippen LogP contribution in [0.25, 0.3) is 0 Å². The van der Waals surface area contributed by atoms with E-state index < -0.39 is 0 Å². The van der Waals surface area contributed by atoms with Crippen LogP contribution in [0.5, 0.6) is 0 Å². The van der Waals surface area contributed by atoms with Crippen molar-refractivity contribution in [2.75, 3.05) is 5.32 Å². The number of amides is 1.